The van der Waals surface area contributed by atoms with Crippen molar-refractivity contribution < 1.29 is 43.9 Å². The van der Waals surface area contributed by atoms with Crippen molar-refractivity contribution in [2.45, 2.75) is 94.9 Å². The second kappa shape index (κ2) is 8.63. The van der Waals surface area contributed by atoms with Crippen LogP contribution >= 0.6 is 0 Å². The Labute approximate surface area is 226 Å². The van der Waals surface area contributed by atoms with Crippen LogP contribution in [0.5, 0.6) is 0 Å². The molecule has 3 fully saturated rings. The summed E-state index contributed by atoms with van der Waals surface area (Å²) in [6, 6.07) is 3.14. The minimum Gasteiger partial charge on any atom is -0.457 e. The van der Waals surface area contributed by atoms with Crippen molar-refractivity contribution in [3.63, 3.8) is 0 Å². The molecular formula is C28H38N2O9. The molecule has 0 spiro atoms. The number of aromatic amines is 1. The summed E-state index contributed by atoms with van der Waals surface area (Å²) in [7, 11) is 0. The molecule has 1 aliphatic heterocycles. The molecule has 1 aromatic rings. The highest BCUT2D eigenvalue weighted by Crippen LogP contribution is 2.77. The van der Waals surface area contributed by atoms with Crippen LogP contribution in [0.4, 0.5) is 0 Å². The molecule has 0 radical (unpaired) electrons. The van der Waals surface area contributed by atoms with Crippen molar-refractivity contribution in [2.24, 2.45) is 23.0 Å². The van der Waals surface area contributed by atoms with Crippen LogP contribution in [0.25, 0.3) is 0 Å². The van der Waals surface area contributed by atoms with Crippen LogP contribution in [-0.2, 0) is 23.8 Å². The molecule has 214 valence electrons. The van der Waals surface area contributed by atoms with E-state index >= 15 is 0 Å². The largest absolute Gasteiger partial charge is 0.457 e. The third-order valence-electron chi connectivity index (χ3n) is 10.0. The highest BCUT2D eigenvalue weighted by atomic mass is 16.6. The average molecular weight is 547 g/mol. The molecule has 3 aliphatic carbocycles. The number of ether oxygens (including phenoxy) is 3. The standard InChI is InChI=1S/C28H38N2O9/c1-14(2)20-16(4)26(35)27(36,22(20)38-23(33)17-7-6-12-30-17)24(5)13-19(32)39-28(26)21(37-18(31)9-11-29)15(3)8-10-25(24,28)34/h6-7,12,14-15,21-22,30,34-36H,8-11,13,29H2,1-5H3/t15?,21?,22?,24-,25-,26+,27+,28+/m0/s1. The number of nitrogens with two attached hydrogens (primary N) is 1. The molecule has 1 saturated heterocycles. The van der Waals surface area contributed by atoms with Crippen molar-refractivity contribution in [2.75, 3.05) is 6.54 Å². The topological polar surface area (TPSA) is 181 Å². The van der Waals surface area contributed by atoms with Gasteiger partial charge < -0.3 is 40.2 Å². The van der Waals surface area contributed by atoms with E-state index in [0.717, 1.165) is 0 Å². The minimum atomic E-state index is -2.47. The van der Waals surface area contributed by atoms with Gasteiger partial charge in [-0.2, -0.15) is 0 Å². The van der Waals surface area contributed by atoms with Gasteiger partial charge in [0.05, 0.1) is 12.8 Å². The number of aliphatic hydroxyl groups is 3. The minimum absolute atomic E-state index is 0.0100. The molecule has 6 N–H and O–H groups in total. The number of rotatable bonds is 6. The van der Waals surface area contributed by atoms with Gasteiger partial charge >= 0.3 is 17.9 Å². The molecule has 2 saturated carbocycles. The number of H-pyrrole nitrogens is 1. The molecular weight excluding hydrogens is 508 g/mol. The predicted molar refractivity (Wildman–Crippen MR) is 136 cm³/mol. The van der Waals surface area contributed by atoms with Crippen molar-refractivity contribution >= 4 is 17.9 Å². The van der Waals surface area contributed by atoms with Gasteiger partial charge in [0.1, 0.15) is 11.3 Å². The summed E-state index contributed by atoms with van der Waals surface area (Å²) in [5.74, 6) is -3.04. The fourth-order valence-corrected chi connectivity index (χ4v) is 8.30. The molecule has 1 aromatic heterocycles. The van der Waals surface area contributed by atoms with E-state index in [1.807, 2.05) is 13.8 Å². The fourth-order valence-electron chi connectivity index (χ4n) is 8.30. The number of nitrogens with one attached hydrogen (secondary N) is 1. The Bertz CT molecular complexity index is 1240. The van der Waals surface area contributed by atoms with Crippen molar-refractivity contribution in [3.05, 3.63) is 35.2 Å². The summed E-state index contributed by atoms with van der Waals surface area (Å²) in [6.45, 7) is 8.54. The Morgan fingerprint density at radius 2 is 1.95 bits per heavy atom. The first-order valence-corrected chi connectivity index (χ1v) is 13.5. The molecule has 0 amide bonds. The number of aromatic nitrogens is 1. The molecule has 11 nitrogen and oxygen atoms in total. The van der Waals surface area contributed by atoms with Crippen LogP contribution in [0.15, 0.2) is 29.5 Å². The molecule has 0 aromatic carbocycles. The van der Waals surface area contributed by atoms with E-state index in [0.29, 0.717) is 12.0 Å². The summed E-state index contributed by atoms with van der Waals surface area (Å²) < 4.78 is 17.9. The van der Waals surface area contributed by atoms with Crippen LogP contribution in [-0.4, -0.2) is 79.4 Å². The number of hydrogen-bond acceptors (Lipinski definition) is 10. The zero-order chi connectivity index (χ0) is 28.8. The highest BCUT2D eigenvalue weighted by Gasteiger charge is 2.97. The summed E-state index contributed by atoms with van der Waals surface area (Å²) in [5.41, 5.74) is -4.64. The lowest BCUT2D eigenvalue weighted by Crippen LogP contribution is -2.78. The van der Waals surface area contributed by atoms with E-state index in [4.69, 9.17) is 19.9 Å². The van der Waals surface area contributed by atoms with Gasteiger partial charge in [0, 0.05) is 18.2 Å². The van der Waals surface area contributed by atoms with Gasteiger partial charge in [-0.05, 0) is 54.9 Å². The summed E-state index contributed by atoms with van der Waals surface area (Å²) in [6.07, 6.45) is -1.42. The maximum Gasteiger partial charge on any atom is 0.355 e. The van der Waals surface area contributed by atoms with Gasteiger partial charge in [0.2, 0.25) is 5.60 Å². The summed E-state index contributed by atoms with van der Waals surface area (Å²) in [4.78, 5) is 42.1. The predicted octanol–water partition coefficient (Wildman–Crippen LogP) is 1.12. The molecule has 5 rings (SSSR count). The van der Waals surface area contributed by atoms with Crippen molar-refractivity contribution in [1.82, 2.24) is 4.98 Å². The van der Waals surface area contributed by atoms with Crippen LogP contribution < -0.4 is 5.73 Å². The van der Waals surface area contributed by atoms with E-state index in [2.05, 4.69) is 4.98 Å². The van der Waals surface area contributed by atoms with Gasteiger partial charge in [-0.1, -0.05) is 27.7 Å². The Kier molecular flexibility index (Phi) is 6.16. The first kappa shape index (κ1) is 27.8. The van der Waals surface area contributed by atoms with Crippen LogP contribution in [0.1, 0.15) is 70.8 Å². The molecule has 8 atom stereocenters. The highest BCUT2D eigenvalue weighted by molar-refractivity contribution is 5.88. The molecule has 4 aliphatic rings. The Morgan fingerprint density at radius 3 is 2.54 bits per heavy atom. The maximum atomic E-state index is 13.3. The lowest BCUT2D eigenvalue weighted by Gasteiger charge is -2.60. The fraction of sp³-hybridized carbons (Fsp3) is 0.679. The Balaban J connectivity index is 1.79. The van der Waals surface area contributed by atoms with Crippen LogP contribution in [0.2, 0.25) is 0 Å². The zero-order valence-corrected chi connectivity index (χ0v) is 22.9. The normalized spacial score (nSPS) is 42.7. The van der Waals surface area contributed by atoms with E-state index < -0.39 is 70.3 Å². The molecule has 2 bridgehead atoms. The van der Waals surface area contributed by atoms with E-state index in [1.54, 1.807) is 26.1 Å². The van der Waals surface area contributed by atoms with Gasteiger partial charge in [-0.15, -0.1) is 0 Å². The first-order chi connectivity index (χ1) is 18.2. The SMILES string of the molecule is CC1=C(C(C)C)C(OC(=O)c2ccc[nH]2)[C@@]2(O)[C@@]3(C)CC(=O)O[C@@]4(C(OC(=O)CCN)C(C)CC[C@]34O)[C@@]12O. The summed E-state index contributed by atoms with van der Waals surface area (Å²) in [5, 5.41) is 38.5. The smallest absolute Gasteiger partial charge is 0.355 e. The monoisotopic (exact) mass is 546 g/mol. The Morgan fingerprint density at radius 1 is 1.26 bits per heavy atom. The van der Waals surface area contributed by atoms with E-state index in [1.165, 1.54) is 13.0 Å². The van der Waals surface area contributed by atoms with Crippen molar-refractivity contribution in [1.29, 1.82) is 0 Å². The van der Waals surface area contributed by atoms with Crippen molar-refractivity contribution in [3.8, 4) is 0 Å². The second-order valence-electron chi connectivity index (χ2n) is 12.1. The molecule has 11 heteroatoms. The van der Waals surface area contributed by atoms with Crippen LogP contribution in [0.3, 0.4) is 0 Å². The molecule has 39 heavy (non-hydrogen) atoms. The van der Waals surface area contributed by atoms with Gasteiger partial charge in [-0.25, -0.2) is 4.79 Å². The van der Waals surface area contributed by atoms with Gasteiger partial charge in [0.15, 0.2) is 23.4 Å². The first-order valence-electron chi connectivity index (χ1n) is 13.5. The Hall–Kier alpha value is -2.73. The number of fused-ring (bicyclic) bond motifs is 2. The van der Waals surface area contributed by atoms with Gasteiger partial charge in [-0.3, -0.25) is 9.59 Å². The van der Waals surface area contributed by atoms with Gasteiger partial charge in [0.25, 0.3) is 0 Å². The summed E-state index contributed by atoms with van der Waals surface area (Å²) >= 11 is 0. The average Bonchev–Trinajstić information content (AvgIpc) is 3.46. The zero-order valence-electron chi connectivity index (χ0n) is 22.9. The number of carbonyl (C=O) groups excluding carboxylic acids is 3. The van der Waals surface area contributed by atoms with E-state index in [9.17, 15) is 29.7 Å². The number of carbonyl (C=O) groups is 3. The third kappa shape index (κ3) is 2.99. The molecule has 2 heterocycles. The number of esters is 3. The maximum absolute atomic E-state index is 13.3. The lowest BCUT2D eigenvalue weighted by molar-refractivity contribution is -0.309. The lowest BCUT2D eigenvalue weighted by atomic mass is 9.55. The third-order valence-corrected chi connectivity index (χ3v) is 10.0. The number of hydrogen-bond donors (Lipinski definition) is 5. The molecule has 3 unspecified atom stereocenters. The van der Waals surface area contributed by atoms with E-state index in [-0.39, 0.29) is 36.6 Å². The van der Waals surface area contributed by atoms with Crippen LogP contribution in [0, 0.1) is 17.3 Å². The quantitative estimate of drug-likeness (QED) is 0.197. The second-order valence-corrected chi connectivity index (χ2v) is 12.1.